The number of carbonyl (C=O) groups excluding carboxylic acids is 1. The van der Waals surface area contributed by atoms with Crippen molar-refractivity contribution in [3.63, 3.8) is 0 Å². The Morgan fingerprint density at radius 3 is 2.06 bits per heavy atom. The van der Waals surface area contributed by atoms with Gasteiger partial charge in [0.15, 0.2) is 5.76 Å². The van der Waals surface area contributed by atoms with Crippen LogP contribution in [0.2, 0.25) is 0 Å². The molecule has 0 saturated carbocycles. The predicted molar refractivity (Wildman–Crippen MR) is 89.5 cm³/mol. The molecule has 0 unspecified atom stereocenters. The van der Waals surface area contributed by atoms with E-state index in [0.29, 0.717) is 6.07 Å². The number of nitrogens with one attached hydrogen (secondary N) is 1. The lowest BCUT2D eigenvalue weighted by Gasteiger charge is -2.14. The maximum atomic E-state index is 13.8. The Hall–Kier alpha value is -3.44. The predicted octanol–water partition coefficient (Wildman–Crippen LogP) is 5.59. The first kappa shape index (κ1) is 22.2. The number of aromatic nitrogens is 1. The van der Waals surface area contributed by atoms with Crippen LogP contribution in [0.15, 0.2) is 47.0 Å². The van der Waals surface area contributed by atoms with Gasteiger partial charge >= 0.3 is 12.4 Å². The molecule has 0 aliphatic rings. The molecule has 1 aromatic heterocycles. The Labute approximate surface area is 168 Å². The highest BCUT2D eigenvalue weighted by molar-refractivity contribution is 5.94. The van der Waals surface area contributed by atoms with Crippen LogP contribution in [0.5, 0.6) is 0 Å². The molecule has 31 heavy (non-hydrogen) atoms. The van der Waals surface area contributed by atoms with Gasteiger partial charge in [-0.15, -0.1) is 0 Å². The minimum absolute atomic E-state index is 0.00454. The van der Waals surface area contributed by atoms with E-state index in [1.54, 1.807) is 0 Å². The summed E-state index contributed by atoms with van der Waals surface area (Å²) in [7, 11) is 0. The zero-order valence-electron chi connectivity index (χ0n) is 15.0. The number of amides is 1. The second-order valence-electron chi connectivity index (χ2n) is 6.28. The van der Waals surface area contributed by atoms with Crippen molar-refractivity contribution >= 4 is 5.91 Å². The van der Waals surface area contributed by atoms with Crippen LogP contribution >= 0.6 is 0 Å². The van der Waals surface area contributed by atoms with Gasteiger partial charge in [0.1, 0.15) is 17.3 Å². The second kappa shape index (κ2) is 8.00. The first-order chi connectivity index (χ1) is 14.3. The van der Waals surface area contributed by atoms with Crippen molar-refractivity contribution in [2.75, 3.05) is 0 Å². The lowest BCUT2D eigenvalue weighted by atomic mass is 10.0. The number of hydrogen-bond donors (Lipinski definition) is 1. The molecule has 0 atom stereocenters. The molecule has 2 aromatic carbocycles. The molecule has 0 fully saturated rings. The zero-order valence-corrected chi connectivity index (χ0v) is 15.0. The summed E-state index contributed by atoms with van der Waals surface area (Å²) in [5, 5.41) is 5.64. The summed E-state index contributed by atoms with van der Waals surface area (Å²) in [6, 6.07) is 4.29. The fourth-order valence-electron chi connectivity index (χ4n) is 2.57. The van der Waals surface area contributed by atoms with Crippen LogP contribution in [0.4, 0.5) is 35.1 Å². The van der Waals surface area contributed by atoms with Crippen LogP contribution in [-0.4, -0.2) is 11.1 Å². The molecule has 1 N–H and O–H groups in total. The number of rotatable bonds is 4. The molecule has 1 amide bonds. The minimum atomic E-state index is -5.10. The van der Waals surface area contributed by atoms with Crippen LogP contribution in [0.1, 0.15) is 27.2 Å². The molecule has 0 saturated heterocycles. The van der Waals surface area contributed by atoms with Gasteiger partial charge in [0.2, 0.25) is 0 Å². The summed E-state index contributed by atoms with van der Waals surface area (Å²) < 4.78 is 109. The molecule has 0 aliphatic carbocycles. The largest absolute Gasteiger partial charge is 0.416 e. The van der Waals surface area contributed by atoms with E-state index in [-0.39, 0.29) is 35.2 Å². The van der Waals surface area contributed by atoms with Gasteiger partial charge in [-0.25, -0.2) is 8.78 Å². The summed E-state index contributed by atoms with van der Waals surface area (Å²) in [6.07, 6.45) is -10.2. The molecule has 1 heterocycles. The third kappa shape index (κ3) is 5.19. The summed E-state index contributed by atoms with van der Waals surface area (Å²) >= 11 is 0. The van der Waals surface area contributed by atoms with Crippen molar-refractivity contribution in [1.29, 1.82) is 0 Å². The number of halogens is 8. The summed E-state index contributed by atoms with van der Waals surface area (Å²) in [4.78, 5) is 12.1. The first-order valence-electron chi connectivity index (χ1n) is 8.33. The van der Waals surface area contributed by atoms with E-state index in [9.17, 15) is 39.9 Å². The molecule has 0 bridgehead atoms. The molecule has 0 aliphatic heterocycles. The lowest BCUT2D eigenvalue weighted by molar-refractivity contribution is -0.143. The summed E-state index contributed by atoms with van der Waals surface area (Å²) in [6.45, 7) is -0.442. The van der Waals surface area contributed by atoms with E-state index in [1.165, 1.54) is 6.07 Å². The van der Waals surface area contributed by atoms with Gasteiger partial charge in [0, 0.05) is 17.7 Å². The summed E-state index contributed by atoms with van der Waals surface area (Å²) in [5.74, 6) is -3.13. The van der Waals surface area contributed by atoms with Gasteiger partial charge in [0.05, 0.1) is 23.2 Å². The van der Waals surface area contributed by atoms with E-state index in [0.717, 1.165) is 12.1 Å². The SMILES string of the molecule is O=C(NCc1cc(-c2ccc(F)cc2F)on1)c1cc(C(F)(F)F)cc(C(F)(F)F)c1. The standard InChI is InChI=1S/C19H10F8N2O2/c20-12-1-2-14(15(21)6-12)16-7-13(29-31-16)8-28-17(30)9-3-10(18(22,23)24)5-11(4-9)19(25,26)27/h1-7H,8H2,(H,28,30). The third-order valence-corrected chi connectivity index (χ3v) is 4.04. The molecule has 0 spiro atoms. The molecule has 3 rings (SSSR count). The van der Waals surface area contributed by atoms with E-state index in [1.807, 2.05) is 0 Å². The average Bonchev–Trinajstić information content (AvgIpc) is 3.13. The third-order valence-electron chi connectivity index (χ3n) is 4.04. The van der Waals surface area contributed by atoms with E-state index >= 15 is 0 Å². The maximum absolute atomic E-state index is 13.8. The molecule has 4 nitrogen and oxygen atoms in total. The second-order valence-corrected chi connectivity index (χ2v) is 6.28. The van der Waals surface area contributed by atoms with Crippen molar-refractivity contribution in [2.24, 2.45) is 0 Å². The van der Waals surface area contributed by atoms with Crippen LogP contribution in [0, 0.1) is 11.6 Å². The summed E-state index contributed by atoms with van der Waals surface area (Å²) in [5.41, 5.74) is -4.28. The van der Waals surface area contributed by atoms with Crippen molar-refractivity contribution in [3.8, 4) is 11.3 Å². The Kier molecular flexibility index (Phi) is 5.74. The molecular formula is C19H10F8N2O2. The Bertz CT molecular complexity index is 1090. The highest BCUT2D eigenvalue weighted by Gasteiger charge is 2.37. The topological polar surface area (TPSA) is 55.1 Å². The van der Waals surface area contributed by atoms with E-state index in [2.05, 4.69) is 10.5 Å². The quantitative estimate of drug-likeness (QED) is 0.528. The van der Waals surface area contributed by atoms with Crippen LogP contribution in [-0.2, 0) is 18.9 Å². The number of hydrogen-bond acceptors (Lipinski definition) is 3. The maximum Gasteiger partial charge on any atom is 0.416 e. The fourth-order valence-corrected chi connectivity index (χ4v) is 2.57. The lowest BCUT2D eigenvalue weighted by Crippen LogP contribution is -2.24. The van der Waals surface area contributed by atoms with Crippen LogP contribution in [0.3, 0.4) is 0 Å². The first-order valence-corrected chi connectivity index (χ1v) is 8.33. The number of alkyl halides is 6. The molecule has 12 heteroatoms. The van der Waals surface area contributed by atoms with Gasteiger partial charge in [-0.3, -0.25) is 4.79 Å². The van der Waals surface area contributed by atoms with E-state index in [4.69, 9.17) is 4.52 Å². The Morgan fingerprint density at radius 1 is 0.903 bits per heavy atom. The Morgan fingerprint density at radius 2 is 1.52 bits per heavy atom. The van der Waals surface area contributed by atoms with Crippen molar-refractivity contribution in [2.45, 2.75) is 18.9 Å². The van der Waals surface area contributed by atoms with Gasteiger partial charge in [-0.1, -0.05) is 5.16 Å². The number of nitrogens with zero attached hydrogens (tertiary/aromatic N) is 1. The highest BCUT2D eigenvalue weighted by Crippen LogP contribution is 2.36. The highest BCUT2D eigenvalue weighted by atomic mass is 19.4. The number of benzene rings is 2. The van der Waals surface area contributed by atoms with Gasteiger partial charge in [-0.2, -0.15) is 26.3 Å². The number of carbonyl (C=O) groups is 1. The van der Waals surface area contributed by atoms with Gasteiger partial charge < -0.3 is 9.84 Å². The van der Waals surface area contributed by atoms with Crippen LogP contribution < -0.4 is 5.32 Å². The van der Waals surface area contributed by atoms with Gasteiger partial charge in [-0.05, 0) is 30.3 Å². The van der Waals surface area contributed by atoms with Gasteiger partial charge in [0.25, 0.3) is 5.91 Å². The average molecular weight is 450 g/mol. The molecular weight excluding hydrogens is 440 g/mol. The smallest absolute Gasteiger partial charge is 0.356 e. The van der Waals surface area contributed by atoms with Crippen molar-refractivity contribution in [1.82, 2.24) is 10.5 Å². The van der Waals surface area contributed by atoms with Crippen LogP contribution in [0.25, 0.3) is 11.3 Å². The van der Waals surface area contributed by atoms with Crippen molar-refractivity contribution in [3.05, 3.63) is 76.5 Å². The zero-order chi connectivity index (χ0) is 23.0. The molecule has 164 valence electrons. The van der Waals surface area contributed by atoms with Crippen molar-refractivity contribution < 1.29 is 44.4 Å². The van der Waals surface area contributed by atoms with E-state index < -0.39 is 53.1 Å². The minimum Gasteiger partial charge on any atom is -0.356 e. The Balaban J connectivity index is 1.79. The monoisotopic (exact) mass is 450 g/mol. The normalized spacial score (nSPS) is 12.1. The fraction of sp³-hybridized carbons (Fsp3) is 0.158. The molecule has 3 aromatic rings. The molecule has 0 radical (unpaired) electrons.